The topological polar surface area (TPSA) is 64.7 Å². The molecule has 0 N–H and O–H groups in total. The van der Waals surface area contributed by atoms with Gasteiger partial charge in [-0.2, -0.15) is 10.5 Å². The van der Waals surface area contributed by atoms with E-state index in [0.717, 1.165) is 0 Å². The number of carbonyl (C=O) groups is 1. The van der Waals surface area contributed by atoms with Crippen LogP contribution in [0.1, 0.15) is 6.42 Å². The molecule has 1 aliphatic carbocycles. The van der Waals surface area contributed by atoms with E-state index in [2.05, 4.69) is 0 Å². The lowest BCUT2D eigenvalue weighted by molar-refractivity contribution is -0.105. The van der Waals surface area contributed by atoms with E-state index < -0.39 is 0 Å². The van der Waals surface area contributed by atoms with E-state index in [1.165, 1.54) is 6.08 Å². The van der Waals surface area contributed by atoms with Gasteiger partial charge in [0.25, 0.3) is 0 Å². The van der Waals surface area contributed by atoms with Crippen molar-refractivity contribution in [2.24, 2.45) is 5.92 Å². The molecular weight excluding hydrogens is 152 g/mol. The van der Waals surface area contributed by atoms with Crippen molar-refractivity contribution in [2.75, 3.05) is 0 Å². The van der Waals surface area contributed by atoms with Crippen molar-refractivity contribution >= 4 is 6.29 Å². The Balaban J connectivity index is 2.96. The first-order valence-electron chi connectivity index (χ1n) is 3.47. The zero-order valence-corrected chi connectivity index (χ0v) is 6.32. The highest BCUT2D eigenvalue weighted by Gasteiger charge is 2.13. The summed E-state index contributed by atoms with van der Waals surface area (Å²) >= 11 is 0. The zero-order valence-electron chi connectivity index (χ0n) is 6.32. The Hall–Kier alpha value is -1.87. The predicted molar refractivity (Wildman–Crippen MR) is 41.6 cm³/mol. The molecule has 1 rings (SSSR count). The number of hydrogen-bond acceptors (Lipinski definition) is 3. The number of carbonyl (C=O) groups excluding carboxylic acids is 1. The van der Waals surface area contributed by atoms with E-state index in [0.29, 0.717) is 23.9 Å². The van der Waals surface area contributed by atoms with Gasteiger partial charge in [-0.15, -0.1) is 0 Å². The number of allylic oxidation sites excluding steroid dienone is 4. The quantitative estimate of drug-likeness (QED) is 0.537. The molecule has 1 atom stereocenters. The molecule has 3 heteroatoms. The molecule has 0 spiro atoms. The minimum Gasteiger partial charge on any atom is -0.298 e. The maximum absolute atomic E-state index is 10.4. The highest BCUT2D eigenvalue weighted by Crippen LogP contribution is 2.20. The van der Waals surface area contributed by atoms with E-state index in [4.69, 9.17) is 10.5 Å². The molecule has 0 heterocycles. The average molecular weight is 158 g/mol. The third-order valence-corrected chi connectivity index (χ3v) is 1.62. The van der Waals surface area contributed by atoms with Crippen LogP contribution < -0.4 is 0 Å². The lowest BCUT2D eigenvalue weighted by atomic mass is 9.92. The lowest BCUT2D eigenvalue weighted by Gasteiger charge is -2.08. The number of aldehydes is 1. The molecule has 0 aliphatic heterocycles. The average Bonchev–Trinajstić information content (AvgIpc) is 2.16. The molecule has 0 aromatic rings. The van der Waals surface area contributed by atoms with Crippen LogP contribution >= 0.6 is 0 Å². The summed E-state index contributed by atoms with van der Waals surface area (Å²) in [5, 5.41) is 17.1. The number of rotatable bonds is 1. The third-order valence-electron chi connectivity index (χ3n) is 1.62. The van der Waals surface area contributed by atoms with Gasteiger partial charge in [0.05, 0.1) is 18.1 Å². The fraction of sp³-hybridized carbons (Fsp3) is 0.222. The Bertz CT molecular complexity index is 339. The lowest BCUT2D eigenvalue weighted by Crippen LogP contribution is -2.02. The number of hydrogen-bond donors (Lipinski definition) is 0. The molecule has 3 nitrogen and oxygen atoms in total. The van der Waals surface area contributed by atoms with E-state index in [1.807, 2.05) is 12.1 Å². The molecule has 0 aromatic carbocycles. The molecule has 58 valence electrons. The van der Waals surface area contributed by atoms with Gasteiger partial charge >= 0.3 is 0 Å². The first-order chi connectivity index (χ1) is 5.80. The van der Waals surface area contributed by atoms with Crippen molar-refractivity contribution < 1.29 is 4.79 Å². The van der Waals surface area contributed by atoms with Crippen LogP contribution in [0, 0.1) is 28.6 Å². The Kier molecular flexibility index (Phi) is 2.40. The van der Waals surface area contributed by atoms with E-state index in [1.54, 1.807) is 6.08 Å². The van der Waals surface area contributed by atoms with E-state index >= 15 is 0 Å². The minimum absolute atomic E-state index is 0.329. The standard InChI is InChI=1S/C9H6N2O/c10-4-7-1-8(5-11)3-9(2-7)6-12/h1-2,6,8H,3H2. The van der Waals surface area contributed by atoms with Crippen LogP contribution in [-0.2, 0) is 4.79 Å². The highest BCUT2D eigenvalue weighted by molar-refractivity contribution is 5.75. The molecule has 0 saturated carbocycles. The van der Waals surface area contributed by atoms with Crippen LogP contribution in [0.15, 0.2) is 23.3 Å². The van der Waals surface area contributed by atoms with Gasteiger partial charge in [0.15, 0.2) is 0 Å². The minimum atomic E-state index is -0.329. The summed E-state index contributed by atoms with van der Waals surface area (Å²) in [6, 6.07) is 3.91. The van der Waals surface area contributed by atoms with Gasteiger partial charge in [0.2, 0.25) is 0 Å². The van der Waals surface area contributed by atoms with Crippen LogP contribution in [0.3, 0.4) is 0 Å². The van der Waals surface area contributed by atoms with Crippen LogP contribution in [-0.4, -0.2) is 6.29 Å². The van der Waals surface area contributed by atoms with Crippen molar-refractivity contribution in [1.29, 1.82) is 10.5 Å². The van der Waals surface area contributed by atoms with Crippen molar-refractivity contribution in [3.8, 4) is 12.1 Å². The van der Waals surface area contributed by atoms with Gasteiger partial charge in [-0.3, -0.25) is 4.79 Å². The van der Waals surface area contributed by atoms with Crippen molar-refractivity contribution in [2.45, 2.75) is 6.42 Å². The van der Waals surface area contributed by atoms with Gasteiger partial charge in [0, 0.05) is 5.57 Å². The Morgan fingerprint density at radius 1 is 1.58 bits per heavy atom. The second-order valence-electron chi connectivity index (χ2n) is 2.51. The van der Waals surface area contributed by atoms with Gasteiger partial charge in [-0.05, 0) is 24.1 Å². The molecule has 0 bridgehead atoms. The second kappa shape index (κ2) is 3.50. The van der Waals surface area contributed by atoms with Crippen molar-refractivity contribution in [1.82, 2.24) is 0 Å². The summed E-state index contributed by atoms with van der Waals surface area (Å²) in [4.78, 5) is 10.4. The monoisotopic (exact) mass is 158 g/mol. The molecular formula is C9H6N2O. The molecule has 12 heavy (non-hydrogen) atoms. The first-order valence-corrected chi connectivity index (χ1v) is 3.47. The third kappa shape index (κ3) is 1.59. The summed E-state index contributed by atoms with van der Waals surface area (Å²) in [6.45, 7) is 0. The molecule has 0 aromatic heterocycles. The largest absolute Gasteiger partial charge is 0.298 e. The molecule has 0 fully saturated rings. The van der Waals surface area contributed by atoms with Crippen LogP contribution in [0.2, 0.25) is 0 Å². The molecule has 1 unspecified atom stereocenters. The van der Waals surface area contributed by atoms with Gasteiger partial charge in [0.1, 0.15) is 6.29 Å². The molecule has 0 saturated heterocycles. The number of nitrogens with zero attached hydrogens (tertiary/aromatic N) is 2. The summed E-state index contributed by atoms with van der Waals surface area (Å²) in [5.74, 6) is -0.329. The van der Waals surface area contributed by atoms with Crippen molar-refractivity contribution in [3.63, 3.8) is 0 Å². The summed E-state index contributed by atoms with van der Waals surface area (Å²) in [7, 11) is 0. The Labute approximate surface area is 70.2 Å². The van der Waals surface area contributed by atoms with E-state index in [9.17, 15) is 4.79 Å². The summed E-state index contributed by atoms with van der Waals surface area (Å²) in [6.07, 6.45) is 4.20. The van der Waals surface area contributed by atoms with Crippen LogP contribution in [0.5, 0.6) is 0 Å². The Morgan fingerprint density at radius 3 is 2.83 bits per heavy atom. The number of nitriles is 2. The maximum atomic E-state index is 10.4. The second-order valence-corrected chi connectivity index (χ2v) is 2.51. The highest BCUT2D eigenvalue weighted by atomic mass is 16.1. The fourth-order valence-corrected chi connectivity index (χ4v) is 1.07. The summed E-state index contributed by atoms with van der Waals surface area (Å²) < 4.78 is 0. The fourth-order valence-electron chi connectivity index (χ4n) is 1.07. The smallest absolute Gasteiger partial charge is 0.146 e. The summed E-state index contributed by atoms with van der Waals surface area (Å²) in [5.41, 5.74) is 0.913. The Morgan fingerprint density at radius 2 is 2.33 bits per heavy atom. The first kappa shape index (κ1) is 8.23. The maximum Gasteiger partial charge on any atom is 0.146 e. The SMILES string of the molecule is N#CC1=CC(C#N)CC(C=O)=C1. The normalized spacial score (nSPS) is 21.3. The van der Waals surface area contributed by atoms with Crippen LogP contribution in [0.25, 0.3) is 0 Å². The van der Waals surface area contributed by atoms with E-state index in [-0.39, 0.29) is 5.92 Å². The molecule has 0 amide bonds. The molecule has 0 radical (unpaired) electrons. The van der Waals surface area contributed by atoms with Gasteiger partial charge in [-0.1, -0.05) is 0 Å². The van der Waals surface area contributed by atoms with Gasteiger partial charge in [-0.25, -0.2) is 0 Å². The predicted octanol–water partition coefficient (Wildman–Crippen LogP) is 1.11. The van der Waals surface area contributed by atoms with Gasteiger partial charge < -0.3 is 0 Å². The molecule has 1 aliphatic rings. The van der Waals surface area contributed by atoms with Crippen LogP contribution in [0.4, 0.5) is 0 Å². The van der Waals surface area contributed by atoms with Crippen molar-refractivity contribution in [3.05, 3.63) is 23.3 Å². The zero-order chi connectivity index (χ0) is 8.97.